The van der Waals surface area contributed by atoms with Crippen LogP contribution in [0.15, 0.2) is 48.5 Å². The molecule has 1 fully saturated rings. The fourth-order valence-electron chi connectivity index (χ4n) is 3.09. The largest absolute Gasteiger partial charge is 0.486 e. The third-order valence-corrected chi connectivity index (χ3v) is 4.74. The molecule has 146 valence electrons. The summed E-state index contributed by atoms with van der Waals surface area (Å²) in [7, 11) is 0. The molecule has 2 aliphatic rings. The average molecular weight is 381 g/mol. The summed E-state index contributed by atoms with van der Waals surface area (Å²) in [5.74, 6) is 0.748. The van der Waals surface area contributed by atoms with Crippen molar-refractivity contribution < 1.29 is 23.8 Å². The van der Waals surface area contributed by atoms with Crippen molar-refractivity contribution in [1.82, 2.24) is 5.32 Å². The van der Waals surface area contributed by atoms with Gasteiger partial charge < -0.3 is 19.5 Å². The van der Waals surface area contributed by atoms with Crippen LogP contribution >= 0.6 is 0 Å². The molecule has 1 N–H and O–H groups in total. The monoisotopic (exact) mass is 381 g/mol. The van der Waals surface area contributed by atoms with Crippen molar-refractivity contribution in [2.24, 2.45) is 0 Å². The molecule has 2 aromatic rings. The van der Waals surface area contributed by atoms with Crippen molar-refractivity contribution in [1.29, 1.82) is 0 Å². The number of carbonyl (C=O) groups excluding carboxylic acids is 2. The van der Waals surface area contributed by atoms with Gasteiger partial charge in [-0.25, -0.2) is 0 Å². The lowest BCUT2D eigenvalue weighted by Gasteiger charge is -2.19. The van der Waals surface area contributed by atoms with Crippen LogP contribution in [0.4, 0.5) is 0 Å². The Morgan fingerprint density at radius 1 is 1.04 bits per heavy atom. The number of benzene rings is 2. The molecule has 1 saturated carbocycles. The summed E-state index contributed by atoms with van der Waals surface area (Å²) in [6.07, 6.45) is 1.71. The number of amides is 1. The molecule has 0 radical (unpaired) electrons. The van der Waals surface area contributed by atoms with Crippen molar-refractivity contribution >= 4 is 11.9 Å². The molecule has 1 atom stereocenters. The number of esters is 1. The van der Waals surface area contributed by atoms with E-state index in [4.69, 9.17) is 14.2 Å². The first-order chi connectivity index (χ1) is 13.7. The van der Waals surface area contributed by atoms with Gasteiger partial charge in [0.2, 0.25) is 6.10 Å². The maximum Gasteiger partial charge on any atom is 0.307 e. The summed E-state index contributed by atoms with van der Waals surface area (Å²) in [4.78, 5) is 25.0. The molecule has 4 rings (SSSR count). The third-order valence-electron chi connectivity index (χ3n) is 4.74. The zero-order chi connectivity index (χ0) is 19.3. The molecule has 6 nitrogen and oxygen atoms in total. The highest BCUT2D eigenvalue weighted by Gasteiger charge is 2.30. The number of nitrogens with one attached hydrogen (secondary N) is 1. The minimum absolute atomic E-state index is 0.180. The summed E-state index contributed by atoms with van der Waals surface area (Å²) in [5.41, 5.74) is 1.63. The highest BCUT2D eigenvalue weighted by Crippen LogP contribution is 2.31. The first kappa shape index (κ1) is 18.3. The van der Waals surface area contributed by atoms with E-state index in [0.29, 0.717) is 30.9 Å². The van der Waals surface area contributed by atoms with E-state index in [1.807, 2.05) is 36.4 Å². The summed E-state index contributed by atoms with van der Waals surface area (Å²) < 4.78 is 16.6. The lowest BCUT2D eigenvalue weighted by Crippen LogP contribution is -2.33. The molecule has 1 aliphatic carbocycles. The summed E-state index contributed by atoms with van der Waals surface area (Å²) in [6, 6.07) is 15.0. The molecule has 1 aliphatic heterocycles. The number of hydrogen-bond acceptors (Lipinski definition) is 5. The topological polar surface area (TPSA) is 73.9 Å². The predicted octanol–water partition coefficient (Wildman–Crippen LogP) is 2.95. The van der Waals surface area contributed by atoms with Crippen molar-refractivity contribution in [2.45, 2.75) is 37.8 Å². The fourth-order valence-corrected chi connectivity index (χ4v) is 3.09. The first-order valence-corrected chi connectivity index (χ1v) is 9.62. The Hall–Kier alpha value is -3.02. The average Bonchev–Trinajstić information content (AvgIpc) is 3.55. The Morgan fingerprint density at radius 2 is 1.79 bits per heavy atom. The van der Waals surface area contributed by atoms with Gasteiger partial charge in [-0.15, -0.1) is 0 Å². The number of hydrogen-bond donors (Lipinski definition) is 1. The number of aryl methyl sites for hydroxylation is 1. The van der Waals surface area contributed by atoms with Crippen LogP contribution < -0.4 is 14.8 Å². The van der Waals surface area contributed by atoms with Crippen LogP contribution in [0.1, 0.15) is 36.5 Å². The van der Waals surface area contributed by atoms with Gasteiger partial charge in [0.05, 0.1) is 0 Å². The SMILES string of the molecule is O=C(CCc1ccc2c(c1)OCCO2)O[C@H](C(=O)NC1CC1)c1ccccc1. The van der Waals surface area contributed by atoms with Crippen molar-refractivity contribution in [3.05, 3.63) is 59.7 Å². The van der Waals surface area contributed by atoms with Gasteiger partial charge in [-0.05, 0) is 37.0 Å². The zero-order valence-electron chi connectivity index (χ0n) is 15.6. The summed E-state index contributed by atoms with van der Waals surface area (Å²) in [6.45, 7) is 1.07. The van der Waals surface area contributed by atoms with Crippen molar-refractivity contribution in [3.63, 3.8) is 0 Å². The van der Waals surface area contributed by atoms with Crippen LogP contribution in [0.5, 0.6) is 11.5 Å². The summed E-state index contributed by atoms with van der Waals surface area (Å²) >= 11 is 0. The third kappa shape index (κ3) is 4.63. The first-order valence-electron chi connectivity index (χ1n) is 9.62. The molecular weight excluding hydrogens is 358 g/mol. The van der Waals surface area contributed by atoms with Gasteiger partial charge >= 0.3 is 5.97 Å². The van der Waals surface area contributed by atoms with Gasteiger partial charge in [0.25, 0.3) is 5.91 Å². The molecule has 0 bridgehead atoms. The minimum atomic E-state index is -0.922. The highest BCUT2D eigenvalue weighted by molar-refractivity contribution is 5.85. The molecule has 1 amide bonds. The van der Waals surface area contributed by atoms with Gasteiger partial charge in [-0.1, -0.05) is 36.4 Å². The molecular formula is C22H23NO5. The second kappa shape index (κ2) is 8.33. The molecule has 6 heteroatoms. The molecule has 2 aromatic carbocycles. The maximum atomic E-state index is 12.5. The number of rotatable bonds is 7. The molecule has 0 spiro atoms. The standard InChI is InChI=1S/C22H23NO5/c24-20(11-7-15-6-10-18-19(14-15)27-13-12-26-18)28-21(16-4-2-1-3-5-16)22(25)23-17-8-9-17/h1-6,10,14,17,21H,7-9,11-13H2,(H,23,25)/t21-/m0/s1. The molecule has 28 heavy (non-hydrogen) atoms. The van der Waals surface area contributed by atoms with E-state index in [1.54, 1.807) is 12.1 Å². The smallest absolute Gasteiger partial charge is 0.307 e. The Bertz CT molecular complexity index is 847. The molecule has 0 unspecified atom stereocenters. The van der Waals surface area contributed by atoms with Gasteiger partial charge in [0.15, 0.2) is 11.5 Å². The van der Waals surface area contributed by atoms with Crippen molar-refractivity contribution in [2.75, 3.05) is 13.2 Å². The van der Waals surface area contributed by atoms with Gasteiger partial charge in [-0.3, -0.25) is 9.59 Å². The molecule has 0 aromatic heterocycles. The highest BCUT2D eigenvalue weighted by atomic mass is 16.6. The maximum absolute atomic E-state index is 12.5. The van der Waals surface area contributed by atoms with Gasteiger partial charge in [-0.2, -0.15) is 0 Å². The van der Waals surface area contributed by atoms with E-state index in [2.05, 4.69) is 5.32 Å². The molecule has 1 heterocycles. The van der Waals surface area contributed by atoms with Crippen LogP contribution in [-0.2, 0) is 20.7 Å². The van der Waals surface area contributed by atoms with Crippen LogP contribution in [0.25, 0.3) is 0 Å². The zero-order valence-corrected chi connectivity index (χ0v) is 15.6. The summed E-state index contributed by atoms with van der Waals surface area (Å²) in [5, 5.41) is 2.92. The number of fused-ring (bicyclic) bond motifs is 1. The normalized spacial score (nSPS) is 16.1. The Morgan fingerprint density at radius 3 is 2.54 bits per heavy atom. The van der Waals surface area contributed by atoms with E-state index < -0.39 is 12.1 Å². The Labute approximate surface area is 163 Å². The van der Waals surface area contributed by atoms with Crippen molar-refractivity contribution in [3.8, 4) is 11.5 Å². The fraction of sp³-hybridized carbons (Fsp3) is 0.364. The second-order valence-electron chi connectivity index (χ2n) is 7.04. The Kier molecular flexibility index (Phi) is 5.46. The van der Waals surface area contributed by atoms with E-state index in [1.165, 1.54) is 0 Å². The van der Waals surface area contributed by atoms with Gasteiger partial charge in [0, 0.05) is 18.0 Å². The Balaban J connectivity index is 1.38. The lowest BCUT2D eigenvalue weighted by molar-refractivity contribution is -0.156. The van der Waals surface area contributed by atoms with E-state index in [9.17, 15) is 9.59 Å². The van der Waals surface area contributed by atoms with E-state index in [0.717, 1.165) is 24.2 Å². The lowest BCUT2D eigenvalue weighted by atomic mass is 10.1. The van der Waals surface area contributed by atoms with Crippen LogP contribution in [0.3, 0.4) is 0 Å². The van der Waals surface area contributed by atoms with Gasteiger partial charge in [0.1, 0.15) is 13.2 Å². The quantitative estimate of drug-likeness (QED) is 0.747. The van der Waals surface area contributed by atoms with Crippen LogP contribution in [0, 0.1) is 0 Å². The number of carbonyl (C=O) groups is 2. The van der Waals surface area contributed by atoms with E-state index in [-0.39, 0.29) is 18.4 Å². The van der Waals surface area contributed by atoms with Crippen LogP contribution in [0.2, 0.25) is 0 Å². The number of ether oxygens (including phenoxy) is 3. The second-order valence-corrected chi connectivity index (χ2v) is 7.04. The minimum Gasteiger partial charge on any atom is -0.486 e. The molecule has 0 saturated heterocycles. The predicted molar refractivity (Wildman–Crippen MR) is 102 cm³/mol. The van der Waals surface area contributed by atoms with Crippen LogP contribution in [-0.4, -0.2) is 31.1 Å². The van der Waals surface area contributed by atoms with E-state index >= 15 is 0 Å².